The number of fused-ring (bicyclic) bond motifs is 2. The largest absolute Gasteiger partial charge is 0.454 e. The molecule has 1 amide bonds. The molecule has 7 nitrogen and oxygen atoms in total. The van der Waals surface area contributed by atoms with Crippen LogP contribution in [0.15, 0.2) is 42.5 Å². The maximum atomic E-state index is 13.9. The predicted molar refractivity (Wildman–Crippen MR) is 115 cm³/mol. The fourth-order valence-corrected chi connectivity index (χ4v) is 4.12. The van der Waals surface area contributed by atoms with E-state index in [1.54, 1.807) is 43.3 Å². The van der Waals surface area contributed by atoms with E-state index in [1.807, 2.05) is 0 Å². The van der Waals surface area contributed by atoms with E-state index in [0.29, 0.717) is 27.8 Å². The van der Waals surface area contributed by atoms with Gasteiger partial charge in [0.2, 0.25) is 6.79 Å². The van der Waals surface area contributed by atoms with Crippen molar-refractivity contribution in [2.24, 2.45) is 0 Å². The van der Waals surface area contributed by atoms with Crippen LogP contribution in [0.1, 0.15) is 40.1 Å². The molecule has 0 saturated carbocycles. The number of amides is 1. The minimum atomic E-state index is -4.56. The standard InChI is InChI=1S/C22H18ClF3N4O3/c1-11-2-4-13(23)7-14(11)28-21(31)16-9-20-27-15(8-19(22(24,25)26)30(20)29-16)12-3-5-17-18(6-12)33-10-32-17/h2-7,9,15,19,27H,8,10H2,1H3,(H,28,31)/t15-,19-/m0/s1. The van der Waals surface area contributed by atoms with Crippen molar-refractivity contribution in [2.45, 2.75) is 31.6 Å². The monoisotopic (exact) mass is 478 g/mol. The lowest BCUT2D eigenvalue weighted by molar-refractivity contribution is -0.173. The Morgan fingerprint density at radius 3 is 2.76 bits per heavy atom. The summed E-state index contributed by atoms with van der Waals surface area (Å²) in [6.07, 6.45) is -4.86. The Morgan fingerprint density at radius 2 is 1.97 bits per heavy atom. The summed E-state index contributed by atoms with van der Waals surface area (Å²) in [5.74, 6) is 0.486. The van der Waals surface area contributed by atoms with Crippen molar-refractivity contribution >= 4 is 29.0 Å². The average molecular weight is 479 g/mol. The zero-order valence-electron chi connectivity index (χ0n) is 17.2. The Kier molecular flexibility index (Phi) is 5.12. The summed E-state index contributed by atoms with van der Waals surface area (Å²) in [5.41, 5.74) is 1.68. The van der Waals surface area contributed by atoms with E-state index in [4.69, 9.17) is 21.1 Å². The molecule has 1 aromatic heterocycles. The Hall–Kier alpha value is -3.40. The number of carbonyl (C=O) groups excluding carboxylic acids is 1. The van der Waals surface area contributed by atoms with E-state index in [2.05, 4.69) is 15.7 Å². The van der Waals surface area contributed by atoms with Crippen LogP contribution < -0.4 is 20.1 Å². The van der Waals surface area contributed by atoms with E-state index in [0.717, 1.165) is 10.2 Å². The molecule has 0 saturated heterocycles. The van der Waals surface area contributed by atoms with Gasteiger partial charge in [-0.3, -0.25) is 4.79 Å². The highest BCUT2D eigenvalue weighted by Crippen LogP contribution is 2.45. The van der Waals surface area contributed by atoms with Crippen molar-refractivity contribution in [1.29, 1.82) is 0 Å². The molecule has 3 heterocycles. The number of alkyl halides is 3. The van der Waals surface area contributed by atoms with Gasteiger partial charge in [-0.15, -0.1) is 0 Å². The number of anilines is 2. The second-order valence-electron chi connectivity index (χ2n) is 7.88. The molecule has 0 spiro atoms. The number of aromatic nitrogens is 2. The first-order chi connectivity index (χ1) is 15.7. The van der Waals surface area contributed by atoms with E-state index in [1.165, 1.54) is 6.07 Å². The fraction of sp³-hybridized carbons (Fsp3) is 0.273. The molecule has 172 valence electrons. The van der Waals surface area contributed by atoms with Crippen molar-refractivity contribution in [3.8, 4) is 11.5 Å². The smallest absolute Gasteiger partial charge is 0.410 e. The Balaban J connectivity index is 1.45. The first kappa shape index (κ1) is 21.4. The SMILES string of the molecule is Cc1ccc(Cl)cc1NC(=O)c1cc2n(n1)[C@H](C(F)(F)F)C[C@@H](c1ccc3c(c1)OCO3)N2. The summed E-state index contributed by atoms with van der Waals surface area (Å²) in [6.45, 7) is 1.85. The molecule has 2 N–H and O–H groups in total. The van der Waals surface area contributed by atoms with Crippen molar-refractivity contribution in [3.63, 3.8) is 0 Å². The van der Waals surface area contributed by atoms with Gasteiger partial charge < -0.3 is 20.1 Å². The van der Waals surface area contributed by atoms with Crippen molar-refractivity contribution < 1.29 is 27.4 Å². The number of hydrogen-bond acceptors (Lipinski definition) is 5. The number of rotatable bonds is 3. The molecular formula is C22H18ClF3N4O3. The Morgan fingerprint density at radius 1 is 1.18 bits per heavy atom. The van der Waals surface area contributed by atoms with Crippen LogP contribution in [0.5, 0.6) is 11.5 Å². The molecule has 11 heteroatoms. The third-order valence-electron chi connectivity index (χ3n) is 5.67. The normalized spacial score (nSPS) is 19.1. The third kappa shape index (κ3) is 4.06. The molecule has 33 heavy (non-hydrogen) atoms. The van der Waals surface area contributed by atoms with Crippen LogP contribution in [0, 0.1) is 6.92 Å². The first-order valence-corrected chi connectivity index (χ1v) is 10.5. The Bertz CT molecular complexity index is 1240. The van der Waals surface area contributed by atoms with Gasteiger partial charge in [0.05, 0.1) is 6.04 Å². The van der Waals surface area contributed by atoms with Crippen molar-refractivity contribution in [2.75, 3.05) is 17.4 Å². The molecule has 0 fully saturated rings. The molecular weight excluding hydrogens is 461 g/mol. The maximum absolute atomic E-state index is 13.9. The van der Waals surface area contributed by atoms with Gasteiger partial charge in [0.25, 0.3) is 5.91 Å². The third-order valence-corrected chi connectivity index (χ3v) is 5.90. The van der Waals surface area contributed by atoms with E-state index >= 15 is 0 Å². The predicted octanol–water partition coefficient (Wildman–Crippen LogP) is 5.49. The summed E-state index contributed by atoms with van der Waals surface area (Å²) in [7, 11) is 0. The highest BCUT2D eigenvalue weighted by atomic mass is 35.5. The maximum Gasteiger partial charge on any atom is 0.410 e. The first-order valence-electron chi connectivity index (χ1n) is 10.1. The molecule has 0 unspecified atom stereocenters. The van der Waals surface area contributed by atoms with Gasteiger partial charge in [0, 0.05) is 23.2 Å². The van der Waals surface area contributed by atoms with Gasteiger partial charge >= 0.3 is 6.18 Å². The van der Waals surface area contributed by atoms with Crippen molar-refractivity contribution in [3.05, 3.63) is 64.3 Å². The van der Waals surface area contributed by atoms with Gasteiger partial charge in [0.15, 0.2) is 23.2 Å². The summed E-state index contributed by atoms with van der Waals surface area (Å²) in [4.78, 5) is 12.8. The van der Waals surface area contributed by atoms with E-state index < -0.39 is 24.2 Å². The van der Waals surface area contributed by atoms with Gasteiger partial charge in [-0.2, -0.15) is 18.3 Å². The summed E-state index contributed by atoms with van der Waals surface area (Å²) < 4.78 is 53.3. The summed E-state index contributed by atoms with van der Waals surface area (Å²) in [5, 5.41) is 10.1. The number of ether oxygens (including phenoxy) is 2. The van der Waals surface area contributed by atoms with Crippen LogP contribution in [0.2, 0.25) is 5.02 Å². The van der Waals surface area contributed by atoms with Crippen LogP contribution in [0.4, 0.5) is 24.7 Å². The minimum Gasteiger partial charge on any atom is -0.454 e. The molecule has 0 aliphatic carbocycles. The van der Waals surface area contributed by atoms with Gasteiger partial charge in [-0.25, -0.2) is 4.68 Å². The fourth-order valence-electron chi connectivity index (χ4n) is 3.95. The van der Waals surface area contributed by atoms with Crippen LogP contribution in [-0.2, 0) is 0 Å². The number of carbonyl (C=O) groups is 1. The van der Waals surface area contributed by atoms with Crippen LogP contribution in [0.25, 0.3) is 0 Å². The summed E-state index contributed by atoms with van der Waals surface area (Å²) >= 11 is 5.98. The molecule has 3 aromatic rings. The van der Waals surface area contributed by atoms with Gasteiger partial charge in [-0.1, -0.05) is 23.7 Å². The minimum absolute atomic E-state index is 0.0689. The average Bonchev–Trinajstić information content (AvgIpc) is 3.41. The number of nitrogens with one attached hydrogen (secondary N) is 2. The number of halogens is 4. The number of aryl methyl sites for hydroxylation is 1. The number of benzene rings is 2. The van der Waals surface area contributed by atoms with Gasteiger partial charge in [0.1, 0.15) is 5.82 Å². The molecule has 2 atom stereocenters. The van der Waals surface area contributed by atoms with Crippen LogP contribution >= 0.6 is 11.6 Å². The second kappa shape index (κ2) is 7.87. The molecule has 2 aliphatic rings. The Labute approximate surface area is 191 Å². The van der Waals surface area contributed by atoms with E-state index in [-0.39, 0.29) is 24.7 Å². The van der Waals surface area contributed by atoms with Crippen LogP contribution in [0.3, 0.4) is 0 Å². The van der Waals surface area contributed by atoms with Gasteiger partial charge in [-0.05, 0) is 42.3 Å². The molecule has 5 rings (SSSR count). The molecule has 2 aromatic carbocycles. The lowest BCUT2D eigenvalue weighted by Crippen LogP contribution is -2.35. The lowest BCUT2D eigenvalue weighted by atomic mass is 9.96. The van der Waals surface area contributed by atoms with E-state index in [9.17, 15) is 18.0 Å². The van der Waals surface area contributed by atoms with Crippen LogP contribution in [-0.4, -0.2) is 28.7 Å². The van der Waals surface area contributed by atoms with Crippen molar-refractivity contribution in [1.82, 2.24) is 9.78 Å². The lowest BCUT2D eigenvalue weighted by Gasteiger charge is -2.33. The topological polar surface area (TPSA) is 77.4 Å². The summed E-state index contributed by atoms with van der Waals surface area (Å²) in [6, 6.07) is 8.74. The molecule has 2 aliphatic heterocycles. The highest BCUT2D eigenvalue weighted by molar-refractivity contribution is 6.31. The zero-order valence-corrected chi connectivity index (χ0v) is 18.0. The highest BCUT2D eigenvalue weighted by Gasteiger charge is 2.47. The number of nitrogens with zero attached hydrogens (tertiary/aromatic N) is 2. The second-order valence-corrected chi connectivity index (χ2v) is 8.31. The quantitative estimate of drug-likeness (QED) is 0.521. The zero-order chi connectivity index (χ0) is 23.3. The molecule has 0 radical (unpaired) electrons. The number of hydrogen-bond donors (Lipinski definition) is 2. The molecule has 0 bridgehead atoms.